The molecule has 0 radical (unpaired) electrons. The molecular weight excluding hydrogens is 415 g/mol. The molecule has 6 nitrogen and oxygen atoms in total. The number of hydrogen-bond donors (Lipinski definition) is 0. The largest absolute Gasteiger partial charge is 0.493 e. The van der Waals surface area contributed by atoms with Crippen molar-refractivity contribution in [1.82, 2.24) is 0 Å². The van der Waals surface area contributed by atoms with Gasteiger partial charge in [-0.25, -0.2) is 4.79 Å². The highest BCUT2D eigenvalue weighted by molar-refractivity contribution is 6.06. The van der Waals surface area contributed by atoms with Crippen LogP contribution < -0.4 is 14.4 Å². The van der Waals surface area contributed by atoms with Gasteiger partial charge in [0.25, 0.3) is 0 Å². The molecule has 31 heavy (non-hydrogen) atoms. The van der Waals surface area contributed by atoms with E-state index >= 15 is 0 Å². The fourth-order valence-corrected chi connectivity index (χ4v) is 4.01. The summed E-state index contributed by atoms with van der Waals surface area (Å²) in [5, 5.41) is 0. The Balaban J connectivity index is 1.80. The smallest absolute Gasteiger partial charge is 0.416 e. The molecule has 2 aromatic rings. The van der Waals surface area contributed by atoms with E-state index in [0.29, 0.717) is 22.8 Å². The normalized spacial score (nSPS) is 18.7. The zero-order chi connectivity index (χ0) is 22.3. The molecule has 4 rings (SSSR count). The second-order valence-corrected chi connectivity index (χ2v) is 7.05. The number of halogens is 3. The Morgan fingerprint density at radius 3 is 2.35 bits per heavy atom. The minimum atomic E-state index is -4.49. The lowest BCUT2D eigenvalue weighted by Gasteiger charge is -2.32. The van der Waals surface area contributed by atoms with Gasteiger partial charge in [-0.15, -0.1) is 0 Å². The fourth-order valence-electron chi connectivity index (χ4n) is 4.01. The van der Waals surface area contributed by atoms with Crippen molar-refractivity contribution in [1.29, 1.82) is 0 Å². The third kappa shape index (κ3) is 3.49. The number of ether oxygens (including phenoxy) is 3. The molecule has 2 aliphatic rings. The van der Waals surface area contributed by atoms with Crippen LogP contribution in [0.25, 0.3) is 0 Å². The van der Waals surface area contributed by atoms with Crippen molar-refractivity contribution in [2.24, 2.45) is 0 Å². The zero-order valence-corrected chi connectivity index (χ0v) is 16.7. The van der Waals surface area contributed by atoms with E-state index in [1.165, 1.54) is 31.3 Å². The number of amides is 1. The van der Waals surface area contributed by atoms with Crippen LogP contribution >= 0.6 is 0 Å². The molecule has 0 bridgehead atoms. The molecule has 0 saturated carbocycles. The molecule has 2 aromatic carbocycles. The van der Waals surface area contributed by atoms with E-state index in [0.717, 1.165) is 12.1 Å². The van der Waals surface area contributed by atoms with Crippen LogP contribution in [-0.4, -0.2) is 32.7 Å². The lowest BCUT2D eigenvalue weighted by Crippen LogP contribution is -2.37. The SMILES string of the molecule is COc1cccc([C@@H]2CC(=O)N(c3ccc(C(F)(F)F)cc3)C3=C2C(=O)OC3)c1OC. The second-order valence-electron chi connectivity index (χ2n) is 7.05. The van der Waals surface area contributed by atoms with Crippen LogP contribution in [0, 0.1) is 0 Å². The summed E-state index contributed by atoms with van der Waals surface area (Å²) in [5.41, 5.74) is 0.600. The van der Waals surface area contributed by atoms with Crippen LogP contribution in [0.15, 0.2) is 53.7 Å². The summed E-state index contributed by atoms with van der Waals surface area (Å²) in [6, 6.07) is 9.38. The van der Waals surface area contributed by atoms with Gasteiger partial charge in [0, 0.05) is 23.6 Å². The Bertz CT molecular complexity index is 1080. The number of alkyl halides is 3. The van der Waals surface area contributed by atoms with E-state index in [1.54, 1.807) is 18.2 Å². The Hall–Kier alpha value is -3.49. The van der Waals surface area contributed by atoms with Gasteiger partial charge in [0.1, 0.15) is 6.61 Å². The van der Waals surface area contributed by atoms with E-state index in [9.17, 15) is 22.8 Å². The molecule has 0 fully saturated rings. The van der Waals surface area contributed by atoms with Crippen molar-refractivity contribution >= 4 is 17.6 Å². The van der Waals surface area contributed by atoms with Crippen LogP contribution in [0.3, 0.4) is 0 Å². The van der Waals surface area contributed by atoms with Crippen molar-refractivity contribution in [2.45, 2.75) is 18.5 Å². The second kappa shape index (κ2) is 7.64. The number of carbonyl (C=O) groups is 2. The van der Waals surface area contributed by atoms with Gasteiger partial charge in [0.15, 0.2) is 11.5 Å². The summed E-state index contributed by atoms with van der Waals surface area (Å²) >= 11 is 0. The zero-order valence-electron chi connectivity index (χ0n) is 16.7. The van der Waals surface area contributed by atoms with Crippen LogP contribution in [0.2, 0.25) is 0 Å². The Labute approximate surface area is 175 Å². The topological polar surface area (TPSA) is 65.1 Å². The number of carbonyl (C=O) groups excluding carboxylic acids is 2. The molecule has 0 N–H and O–H groups in total. The number of cyclic esters (lactones) is 1. The van der Waals surface area contributed by atoms with Gasteiger partial charge in [0.2, 0.25) is 5.91 Å². The Morgan fingerprint density at radius 2 is 1.74 bits per heavy atom. The molecule has 162 valence electrons. The first-order chi connectivity index (χ1) is 14.8. The first-order valence-corrected chi connectivity index (χ1v) is 9.37. The van der Waals surface area contributed by atoms with Gasteiger partial charge in [-0.3, -0.25) is 9.69 Å². The van der Waals surface area contributed by atoms with Crippen molar-refractivity contribution in [2.75, 3.05) is 25.7 Å². The first-order valence-electron chi connectivity index (χ1n) is 9.37. The summed E-state index contributed by atoms with van der Waals surface area (Å²) in [4.78, 5) is 26.9. The minimum absolute atomic E-state index is 0.0848. The summed E-state index contributed by atoms with van der Waals surface area (Å²) in [5.74, 6) is -0.724. The van der Waals surface area contributed by atoms with Gasteiger partial charge in [-0.2, -0.15) is 13.2 Å². The van der Waals surface area contributed by atoms with Crippen molar-refractivity contribution in [3.63, 3.8) is 0 Å². The van der Waals surface area contributed by atoms with Gasteiger partial charge in [0.05, 0.1) is 31.1 Å². The van der Waals surface area contributed by atoms with Crippen LogP contribution in [-0.2, 0) is 20.5 Å². The summed E-state index contributed by atoms with van der Waals surface area (Å²) in [6.07, 6.45) is -4.58. The standard InChI is InChI=1S/C22H18F3NO5/c1-29-17-5-3-4-14(20(17)30-2)15-10-18(27)26(16-11-31-21(28)19(15)16)13-8-6-12(7-9-13)22(23,24)25/h3-9,15H,10-11H2,1-2H3/t15-/m0/s1. The molecule has 0 spiro atoms. The number of rotatable bonds is 4. The molecule has 2 heterocycles. The average Bonchev–Trinajstić information content (AvgIpc) is 3.13. The van der Waals surface area contributed by atoms with Crippen LogP contribution in [0.5, 0.6) is 11.5 Å². The van der Waals surface area contributed by atoms with E-state index in [-0.39, 0.29) is 30.2 Å². The van der Waals surface area contributed by atoms with E-state index < -0.39 is 23.6 Å². The van der Waals surface area contributed by atoms with E-state index in [2.05, 4.69) is 0 Å². The third-order valence-electron chi connectivity index (χ3n) is 5.38. The fraction of sp³-hybridized carbons (Fsp3) is 0.273. The molecule has 1 atom stereocenters. The average molecular weight is 433 g/mol. The van der Waals surface area contributed by atoms with Gasteiger partial charge >= 0.3 is 12.1 Å². The lowest BCUT2D eigenvalue weighted by molar-refractivity contribution is -0.138. The van der Waals surface area contributed by atoms with Crippen molar-refractivity contribution in [3.05, 3.63) is 64.9 Å². The number of nitrogens with zero attached hydrogens (tertiary/aromatic N) is 1. The molecule has 9 heteroatoms. The van der Waals surface area contributed by atoms with Crippen LogP contribution in [0.4, 0.5) is 18.9 Å². The summed E-state index contributed by atoms with van der Waals surface area (Å²) < 4.78 is 54.7. The molecule has 0 aliphatic carbocycles. The molecule has 0 unspecified atom stereocenters. The highest BCUT2D eigenvalue weighted by Crippen LogP contribution is 2.46. The number of anilines is 1. The first kappa shape index (κ1) is 20.8. The number of methoxy groups -OCH3 is 2. The van der Waals surface area contributed by atoms with Crippen molar-refractivity contribution < 1.29 is 37.0 Å². The highest BCUT2D eigenvalue weighted by atomic mass is 19.4. The van der Waals surface area contributed by atoms with Gasteiger partial charge in [-0.05, 0) is 30.3 Å². The molecule has 0 aromatic heterocycles. The van der Waals surface area contributed by atoms with Gasteiger partial charge in [-0.1, -0.05) is 12.1 Å². The number of para-hydroxylation sites is 1. The maximum absolute atomic E-state index is 13.1. The van der Waals surface area contributed by atoms with Crippen LogP contribution in [0.1, 0.15) is 23.5 Å². The highest BCUT2D eigenvalue weighted by Gasteiger charge is 2.44. The minimum Gasteiger partial charge on any atom is -0.493 e. The molecule has 1 amide bonds. The Morgan fingerprint density at radius 1 is 1.03 bits per heavy atom. The maximum Gasteiger partial charge on any atom is 0.416 e. The molecule has 2 aliphatic heterocycles. The number of hydrogen-bond acceptors (Lipinski definition) is 5. The predicted octanol–water partition coefficient (Wildman–Crippen LogP) is 4.05. The third-order valence-corrected chi connectivity index (χ3v) is 5.38. The van der Waals surface area contributed by atoms with Gasteiger partial charge < -0.3 is 14.2 Å². The van der Waals surface area contributed by atoms with E-state index in [1.807, 2.05) is 0 Å². The lowest BCUT2D eigenvalue weighted by atomic mass is 9.83. The summed E-state index contributed by atoms with van der Waals surface area (Å²) in [7, 11) is 2.94. The van der Waals surface area contributed by atoms with Crippen molar-refractivity contribution in [3.8, 4) is 11.5 Å². The molecule has 0 saturated heterocycles. The maximum atomic E-state index is 13.1. The number of esters is 1. The quantitative estimate of drug-likeness (QED) is 0.681. The predicted molar refractivity (Wildman–Crippen MR) is 104 cm³/mol. The summed E-state index contributed by atoms with van der Waals surface area (Å²) in [6.45, 7) is -0.149. The van der Waals surface area contributed by atoms with E-state index in [4.69, 9.17) is 14.2 Å². The molecular formula is C22H18F3NO5. The Kier molecular flexibility index (Phi) is 5.12. The monoisotopic (exact) mass is 433 g/mol. The number of benzene rings is 2.